The first-order valence-electron chi connectivity index (χ1n) is 8.39. The highest BCUT2D eigenvalue weighted by molar-refractivity contribution is 6.04. The number of anilines is 1. The standard InChI is InChI=1S/C19H17F3N2O6/c20-19(21,22)12-6-4-11(5-7-12)16(25)24-13-3-1-2-10(8-13)9-30-15(18(28)29)14(23)17(26)27/h1-8,14-15H,9,23H2,(H,24,25)(H,26,27)(H,28,29)/t14-,15?/m0/s1. The molecule has 0 aliphatic heterocycles. The number of nitrogens with two attached hydrogens (primary N) is 1. The summed E-state index contributed by atoms with van der Waals surface area (Å²) in [6.07, 6.45) is -6.30. The van der Waals surface area contributed by atoms with Crippen molar-refractivity contribution in [2.24, 2.45) is 5.73 Å². The molecule has 0 fully saturated rings. The highest BCUT2D eigenvalue weighted by atomic mass is 19.4. The molecule has 0 radical (unpaired) electrons. The molecular weight excluding hydrogens is 409 g/mol. The van der Waals surface area contributed by atoms with E-state index in [0.717, 1.165) is 24.3 Å². The molecule has 30 heavy (non-hydrogen) atoms. The van der Waals surface area contributed by atoms with Gasteiger partial charge in [0.05, 0.1) is 12.2 Å². The zero-order valence-corrected chi connectivity index (χ0v) is 15.2. The van der Waals surface area contributed by atoms with E-state index in [-0.39, 0.29) is 17.9 Å². The maximum Gasteiger partial charge on any atom is 0.416 e. The molecule has 0 saturated heterocycles. The lowest BCUT2D eigenvalue weighted by Crippen LogP contribution is -2.47. The SMILES string of the molecule is N[C@H](C(=O)O)C(OCc1cccc(NC(=O)c2ccc(C(F)(F)F)cc2)c1)C(=O)O. The molecule has 160 valence electrons. The number of hydrogen-bond donors (Lipinski definition) is 4. The van der Waals surface area contributed by atoms with E-state index < -0.39 is 41.7 Å². The van der Waals surface area contributed by atoms with E-state index in [0.29, 0.717) is 5.56 Å². The Kier molecular flexibility index (Phi) is 7.14. The fourth-order valence-corrected chi connectivity index (χ4v) is 2.40. The third-order valence-corrected chi connectivity index (χ3v) is 3.94. The Hall–Kier alpha value is -3.44. The summed E-state index contributed by atoms with van der Waals surface area (Å²) in [5, 5.41) is 20.4. The van der Waals surface area contributed by atoms with Gasteiger partial charge in [-0.2, -0.15) is 13.2 Å². The van der Waals surface area contributed by atoms with Gasteiger partial charge in [-0.1, -0.05) is 12.1 Å². The van der Waals surface area contributed by atoms with Crippen LogP contribution in [-0.2, 0) is 27.1 Å². The summed E-state index contributed by atoms with van der Waals surface area (Å²) in [5.41, 5.74) is 5.09. The van der Waals surface area contributed by atoms with Crippen molar-refractivity contribution >= 4 is 23.5 Å². The second-order valence-corrected chi connectivity index (χ2v) is 6.16. The minimum atomic E-state index is -4.51. The first-order chi connectivity index (χ1) is 14.0. The molecular formula is C19H17F3N2O6. The Morgan fingerprint density at radius 2 is 1.67 bits per heavy atom. The van der Waals surface area contributed by atoms with Gasteiger partial charge in [0.1, 0.15) is 6.04 Å². The number of aliphatic carboxylic acids is 2. The molecule has 0 heterocycles. The predicted molar refractivity (Wildman–Crippen MR) is 97.7 cm³/mol. The average molecular weight is 426 g/mol. The quantitative estimate of drug-likeness (QED) is 0.508. The summed E-state index contributed by atoms with van der Waals surface area (Å²) in [5.74, 6) is -3.74. The van der Waals surface area contributed by atoms with Gasteiger partial charge in [-0.15, -0.1) is 0 Å². The zero-order valence-electron chi connectivity index (χ0n) is 15.2. The summed E-state index contributed by atoms with van der Waals surface area (Å²) in [6.45, 7) is -0.304. The van der Waals surface area contributed by atoms with Crippen molar-refractivity contribution in [1.82, 2.24) is 0 Å². The molecule has 0 saturated carbocycles. The largest absolute Gasteiger partial charge is 0.480 e. The van der Waals surface area contributed by atoms with Gasteiger partial charge < -0.3 is 26.0 Å². The van der Waals surface area contributed by atoms with E-state index in [1.807, 2.05) is 0 Å². The number of hydrogen-bond acceptors (Lipinski definition) is 5. The number of halogens is 3. The monoisotopic (exact) mass is 426 g/mol. The number of carboxylic acids is 2. The van der Waals surface area contributed by atoms with Crippen molar-refractivity contribution in [1.29, 1.82) is 0 Å². The Balaban J connectivity index is 2.05. The summed E-state index contributed by atoms with van der Waals surface area (Å²) in [6, 6.07) is 7.88. The number of carbonyl (C=O) groups excluding carboxylic acids is 1. The number of benzene rings is 2. The second kappa shape index (κ2) is 9.37. The molecule has 0 spiro atoms. The van der Waals surface area contributed by atoms with E-state index in [9.17, 15) is 27.6 Å². The van der Waals surface area contributed by atoms with Crippen LogP contribution in [0.25, 0.3) is 0 Å². The van der Waals surface area contributed by atoms with E-state index in [2.05, 4.69) is 5.32 Å². The summed E-state index contributed by atoms with van der Waals surface area (Å²) < 4.78 is 42.9. The molecule has 0 bridgehead atoms. The minimum Gasteiger partial charge on any atom is -0.480 e. The van der Waals surface area contributed by atoms with E-state index in [1.54, 1.807) is 6.07 Å². The number of amides is 1. The number of rotatable bonds is 8. The summed E-state index contributed by atoms with van der Waals surface area (Å²) >= 11 is 0. The lowest BCUT2D eigenvalue weighted by atomic mass is 10.1. The van der Waals surface area contributed by atoms with Crippen LogP contribution in [0, 0.1) is 0 Å². The van der Waals surface area contributed by atoms with Gasteiger partial charge in [-0.25, -0.2) is 4.79 Å². The first kappa shape index (κ1) is 22.8. The van der Waals surface area contributed by atoms with Crippen molar-refractivity contribution < 1.29 is 42.5 Å². The van der Waals surface area contributed by atoms with Crippen molar-refractivity contribution in [2.45, 2.75) is 24.9 Å². The van der Waals surface area contributed by atoms with Crippen LogP contribution in [0.1, 0.15) is 21.5 Å². The van der Waals surface area contributed by atoms with Crippen LogP contribution in [0.3, 0.4) is 0 Å². The molecule has 0 aromatic heterocycles. The van der Waals surface area contributed by atoms with Crippen LogP contribution in [0.4, 0.5) is 18.9 Å². The molecule has 11 heteroatoms. The second-order valence-electron chi connectivity index (χ2n) is 6.16. The number of carboxylic acid groups (broad SMARTS) is 2. The van der Waals surface area contributed by atoms with Gasteiger partial charge in [0.2, 0.25) is 0 Å². The molecule has 5 N–H and O–H groups in total. The number of carbonyl (C=O) groups is 3. The lowest BCUT2D eigenvalue weighted by Gasteiger charge is -2.17. The Morgan fingerprint density at radius 1 is 1.03 bits per heavy atom. The van der Waals surface area contributed by atoms with Crippen molar-refractivity contribution in [3.05, 3.63) is 65.2 Å². The maximum absolute atomic E-state index is 12.6. The van der Waals surface area contributed by atoms with Crippen LogP contribution >= 0.6 is 0 Å². The molecule has 2 rings (SSSR count). The van der Waals surface area contributed by atoms with Crippen LogP contribution in [0.5, 0.6) is 0 Å². The molecule has 1 unspecified atom stereocenters. The fraction of sp³-hybridized carbons (Fsp3) is 0.211. The Bertz CT molecular complexity index is 931. The minimum absolute atomic E-state index is 0.00280. The van der Waals surface area contributed by atoms with Crippen molar-refractivity contribution in [3.8, 4) is 0 Å². The van der Waals surface area contributed by atoms with Gasteiger partial charge in [0.15, 0.2) is 6.10 Å². The zero-order chi connectivity index (χ0) is 22.5. The number of alkyl halides is 3. The Morgan fingerprint density at radius 3 is 2.20 bits per heavy atom. The third-order valence-electron chi connectivity index (χ3n) is 3.94. The highest BCUT2D eigenvalue weighted by Crippen LogP contribution is 2.29. The van der Waals surface area contributed by atoms with Gasteiger partial charge in [-0.3, -0.25) is 9.59 Å². The molecule has 0 aliphatic carbocycles. The lowest BCUT2D eigenvalue weighted by molar-refractivity contribution is -0.159. The van der Waals surface area contributed by atoms with E-state index in [1.165, 1.54) is 18.2 Å². The van der Waals surface area contributed by atoms with Gasteiger partial charge >= 0.3 is 18.1 Å². The molecule has 2 atom stereocenters. The van der Waals surface area contributed by atoms with Crippen LogP contribution in [0.2, 0.25) is 0 Å². The fourth-order valence-electron chi connectivity index (χ4n) is 2.40. The molecule has 1 amide bonds. The van der Waals surface area contributed by atoms with Crippen LogP contribution in [0.15, 0.2) is 48.5 Å². The van der Waals surface area contributed by atoms with Crippen LogP contribution in [-0.4, -0.2) is 40.2 Å². The number of ether oxygens (including phenoxy) is 1. The summed E-state index contributed by atoms with van der Waals surface area (Å²) in [4.78, 5) is 34.2. The predicted octanol–water partition coefficient (Wildman–Crippen LogP) is 2.34. The highest BCUT2D eigenvalue weighted by Gasteiger charge is 2.32. The smallest absolute Gasteiger partial charge is 0.416 e. The van der Waals surface area contributed by atoms with Gasteiger partial charge in [0.25, 0.3) is 5.91 Å². The summed E-state index contributed by atoms with van der Waals surface area (Å²) in [7, 11) is 0. The average Bonchev–Trinajstić information content (AvgIpc) is 2.67. The normalized spacial score (nSPS) is 13.3. The van der Waals surface area contributed by atoms with E-state index in [4.69, 9.17) is 20.7 Å². The molecule has 8 nitrogen and oxygen atoms in total. The first-order valence-corrected chi connectivity index (χ1v) is 8.39. The molecule has 2 aromatic rings. The van der Waals surface area contributed by atoms with Crippen molar-refractivity contribution in [3.63, 3.8) is 0 Å². The third kappa shape index (κ3) is 6.03. The van der Waals surface area contributed by atoms with Gasteiger partial charge in [0, 0.05) is 11.3 Å². The maximum atomic E-state index is 12.6. The Labute approximate surface area is 168 Å². The molecule has 2 aromatic carbocycles. The molecule has 0 aliphatic rings. The van der Waals surface area contributed by atoms with Crippen molar-refractivity contribution in [2.75, 3.05) is 5.32 Å². The topological polar surface area (TPSA) is 139 Å². The number of nitrogens with one attached hydrogen (secondary N) is 1. The van der Waals surface area contributed by atoms with Crippen LogP contribution < -0.4 is 11.1 Å². The van der Waals surface area contributed by atoms with E-state index >= 15 is 0 Å². The van der Waals surface area contributed by atoms with Gasteiger partial charge in [-0.05, 0) is 42.0 Å².